The zero-order chi connectivity index (χ0) is 24.7. The summed E-state index contributed by atoms with van der Waals surface area (Å²) in [6.07, 6.45) is 0. The van der Waals surface area contributed by atoms with Crippen molar-refractivity contribution in [2.24, 2.45) is 5.92 Å². The van der Waals surface area contributed by atoms with Crippen molar-refractivity contribution in [2.75, 3.05) is 17.2 Å². The quantitative estimate of drug-likeness (QED) is 0.287. The van der Waals surface area contributed by atoms with E-state index in [0.717, 1.165) is 4.47 Å². The van der Waals surface area contributed by atoms with E-state index >= 15 is 0 Å². The molecule has 0 saturated carbocycles. The topological polar surface area (TPSA) is 79.5 Å². The lowest BCUT2D eigenvalue weighted by atomic mass is 10.1. The van der Waals surface area contributed by atoms with E-state index in [1.54, 1.807) is 60.7 Å². The summed E-state index contributed by atoms with van der Waals surface area (Å²) in [6, 6.07) is 18.9. The lowest BCUT2D eigenvalue weighted by molar-refractivity contribution is 0.0971. The fourth-order valence-corrected chi connectivity index (χ4v) is 3.66. The molecule has 0 aliphatic heterocycles. The van der Waals surface area contributed by atoms with Crippen LogP contribution in [0, 0.1) is 5.92 Å². The molecule has 3 aromatic carbocycles. The molecule has 0 aromatic heterocycles. The number of rotatable bonds is 7. The zero-order valence-electron chi connectivity index (χ0n) is 18.5. The Balaban J connectivity index is 1.66. The van der Waals surface area contributed by atoms with E-state index in [-0.39, 0.29) is 11.0 Å². The molecule has 3 aromatic rings. The maximum absolute atomic E-state index is 12.9. The van der Waals surface area contributed by atoms with Gasteiger partial charge >= 0.3 is 0 Å². The molecular weight excluding hydrogens is 538 g/mol. The van der Waals surface area contributed by atoms with Gasteiger partial charge in [0.15, 0.2) is 5.11 Å². The third-order valence-electron chi connectivity index (χ3n) is 4.45. The number of benzene rings is 3. The molecule has 176 valence electrons. The first-order chi connectivity index (χ1) is 16.2. The molecule has 0 fully saturated rings. The van der Waals surface area contributed by atoms with Gasteiger partial charge in [-0.1, -0.05) is 53.5 Å². The van der Waals surface area contributed by atoms with Crippen molar-refractivity contribution in [2.45, 2.75) is 13.8 Å². The van der Waals surface area contributed by atoms with Gasteiger partial charge in [-0.25, -0.2) is 0 Å². The highest BCUT2D eigenvalue weighted by molar-refractivity contribution is 9.10. The van der Waals surface area contributed by atoms with Crippen molar-refractivity contribution in [1.82, 2.24) is 5.32 Å². The van der Waals surface area contributed by atoms with Gasteiger partial charge in [0.05, 0.1) is 12.2 Å². The Bertz CT molecular complexity index is 1220. The Hall–Kier alpha value is -2.94. The number of thiocarbonyl (C=S) groups is 1. The molecule has 9 heteroatoms. The van der Waals surface area contributed by atoms with Crippen LogP contribution in [-0.2, 0) is 0 Å². The van der Waals surface area contributed by atoms with Gasteiger partial charge in [0, 0.05) is 26.4 Å². The number of ether oxygens (including phenoxy) is 1. The van der Waals surface area contributed by atoms with Gasteiger partial charge in [-0.3, -0.25) is 14.9 Å². The van der Waals surface area contributed by atoms with Crippen molar-refractivity contribution in [3.05, 3.63) is 87.4 Å². The summed E-state index contributed by atoms with van der Waals surface area (Å²) in [7, 11) is 0. The van der Waals surface area contributed by atoms with Gasteiger partial charge in [-0.15, -0.1) is 0 Å². The first-order valence-electron chi connectivity index (χ1n) is 10.4. The van der Waals surface area contributed by atoms with Gasteiger partial charge < -0.3 is 15.4 Å². The second-order valence-electron chi connectivity index (χ2n) is 7.80. The molecule has 0 heterocycles. The van der Waals surface area contributed by atoms with Crippen LogP contribution >= 0.6 is 39.7 Å². The predicted octanol–water partition coefficient (Wildman–Crippen LogP) is 6.52. The number of halogens is 2. The van der Waals surface area contributed by atoms with Gasteiger partial charge in [0.2, 0.25) is 0 Å². The maximum atomic E-state index is 12.9. The maximum Gasteiger partial charge on any atom is 0.261 e. The predicted molar refractivity (Wildman–Crippen MR) is 144 cm³/mol. The Kier molecular flexibility index (Phi) is 9.04. The van der Waals surface area contributed by atoms with Crippen LogP contribution < -0.4 is 20.7 Å². The van der Waals surface area contributed by atoms with Gasteiger partial charge in [0.25, 0.3) is 11.8 Å². The normalized spacial score (nSPS) is 10.5. The minimum absolute atomic E-state index is 0.0900. The summed E-state index contributed by atoms with van der Waals surface area (Å²) in [6.45, 7) is 4.54. The summed E-state index contributed by atoms with van der Waals surface area (Å²) >= 11 is 14.7. The lowest BCUT2D eigenvalue weighted by Crippen LogP contribution is -2.34. The van der Waals surface area contributed by atoms with E-state index in [9.17, 15) is 9.59 Å². The average molecular weight is 561 g/mol. The van der Waals surface area contributed by atoms with Crippen LogP contribution in [-0.4, -0.2) is 23.5 Å². The van der Waals surface area contributed by atoms with Gasteiger partial charge in [0.1, 0.15) is 5.75 Å². The smallest absolute Gasteiger partial charge is 0.261 e. The Morgan fingerprint density at radius 3 is 2.38 bits per heavy atom. The number of anilines is 2. The number of nitrogens with one attached hydrogen (secondary N) is 3. The highest BCUT2D eigenvalue weighted by Crippen LogP contribution is 2.24. The average Bonchev–Trinajstić information content (AvgIpc) is 2.78. The zero-order valence-corrected chi connectivity index (χ0v) is 21.7. The fraction of sp³-hybridized carbons (Fsp3) is 0.160. The van der Waals surface area contributed by atoms with E-state index in [2.05, 4.69) is 31.9 Å². The monoisotopic (exact) mass is 559 g/mol. The second-order valence-corrected chi connectivity index (χ2v) is 9.56. The SMILES string of the molecule is CC(C)COc1ccc(Br)cc1C(=O)NC(=S)Nc1cccc(C(=O)Nc2cccc(Cl)c2)c1. The lowest BCUT2D eigenvalue weighted by Gasteiger charge is -2.15. The molecule has 2 amide bonds. The minimum atomic E-state index is -0.410. The summed E-state index contributed by atoms with van der Waals surface area (Å²) in [5.74, 6) is 0.0666. The summed E-state index contributed by atoms with van der Waals surface area (Å²) in [5.41, 5.74) is 1.90. The Labute approximate surface area is 217 Å². The Morgan fingerprint density at radius 1 is 0.971 bits per heavy atom. The second kappa shape index (κ2) is 12.0. The van der Waals surface area contributed by atoms with Crippen LogP contribution in [0.4, 0.5) is 11.4 Å². The van der Waals surface area contributed by atoms with E-state index in [1.807, 2.05) is 19.9 Å². The third-order valence-corrected chi connectivity index (χ3v) is 5.38. The third kappa shape index (κ3) is 7.55. The van der Waals surface area contributed by atoms with Crippen LogP contribution in [0.25, 0.3) is 0 Å². The highest BCUT2D eigenvalue weighted by atomic mass is 79.9. The molecule has 34 heavy (non-hydrogen) atoms. The highest BCUT2D eigenvalue weighted by Gasteiger charge is 2.16. The molecule has 0 bridgehead atoms. The molecule has 0 spiro atoms. The molecule has 6 nitrogen and oxygen atoms in total. The number of hydrogen-bond donors (Lipinski definition) is 3. The summed E-state index contributed by atoms with van der Waals surface area (Å²) < 4.78 is 6.52. The molecule has 0 radical (unpaired) electrons. The van der Waals surface area contributed by atoms with Crippen molar-refractivity contribution < 1.29 is 14.3 Å². The van der Waals surface area contributed by atoms with Gasteiger partial charge in [-0.2, -0.15) is 0 Å². The standard InChI is InChI=1S/C25H23BrClN3O3S/c1-15(2)14-33-22-10-9-17(26)12-21(22)24(32)30-25(34)29-19-7-3-5-16(11-19)23(31)28-20-8-4-6-18(27)13-20/h3-13,15H,14H2,1-2H3,(H,28,31)(H2,29,30,32,34). The molecule has 3 rings (SSSR count). The van der Waals surface area contributed by atoms with E-state index in [0.29, 0.717) is 45.8 Å². The van der Waals surface area contributed by atoms with Crippen molar-refractivity contribution in [3.63, 3.8) is 0 Å². The first kappa shape index (κ1) is 25.7. The van der Waals surface area contributed by atoms with Crippen LogP contribution in [0.1, 0.15) is 34.6 Å². The number of carbonyl (C=O) groups excluding carboxylic acids is 2. The van der Waals surface area contributed by atoms with E-state index < -0.39 is 5.91 Å². The molecule has 3 N–H and O–H groups in total. The van der Waals surface area contributed by atoms with Crippen LogP contribution in [0.2, 0.25) is 5.02 Å². The van der Waals surface area contributed by atoms with Crippen molar-refractivity contribution >= 4 is 68.1 Å². The van der Waals surface area contributed by atoms with E-state index in [1.165, 1.54) is 0 Å². The van der Waals surface area contributed by atoms with E-state index in [4.69, 9.17) is 28.6 Å². The Morgan fingerprint density at radius 2 is 1.68 bits per heavy atom. The summed E-state index contributed by atoms with van der Waals surface area (Å²) in [4.78, 5) is 25.5. The minimum Gasteiger partial charge on any atom is -0.492 e. The number of carbonyl (C=O) groups is 2. The molecule has 0 aliphatic carbocycles. The number of hydrogen-bond acceptors (Lipinski definition) is 4. The summed E-state index contributed by atoms with van der Waals surface area (Å²) in [5, 5.41) is 9.01. The van der Waals surface area contributed by atoms with Crippen molar-refractivity contribution in [3.8, 4) is 5.75 Å². The van der Waals surface area contributed by atoms with Crippen LogP contribution in [0.5, 0.6) is 5.75 Å². The van der Waals surface area contributed by atoms with Crippen LogP contribution in [0.15, 0.2) is 71.2 Å². The van der Waals surface area contributed by atoms with Gasteiger partial charge in [-0.05, 0) is 72.7 Å². The molecule has 0 atom stereocenters. The largest absolute Gasteiger partial charge is 0.492 e. The first-order valence-corrected chi connectivity index (χ1v) is 12.0. The molecule has 0 saturated heterocycles. The van der Waals surface area contributed by atoms with Crippen molar-refractivity contribution in [1.29, 1.82) is 0 Å². The molecule has 0 unspecified atom stereocenters. The fourth-order valence-electron chi connectivity index (χ4n) is 2.90. The molecular formula is C25H23BrClN3O3S. The van der Waals surface area contributed by atoms with Crippen LogP contribution in [0.3, 0.4) is 0 Å². The molecule has 0 aliphatic rings. The number of amides is 2.